The number of carbonyl (C=O) groups is 1. The Morgan fingerprint density at radius 1 is 1.86 bits per heavy atom. The van der Waals surface area contributed by atoms with E-state index in [9.17, 15) is 4.79 Å². The van der Waals surface area contributed by atoms with E-state index < -0.39 is 0 Å². The normalized spacial score (nSPS) is 16.9. The maximum Gasteiger partial charge on any atom is 0.338 e. The number of ether oxygens (including phenoxy) is 1. The van der Waals surface area contributed by atoms with E-state index in [0.717, 1.165) is 0 Å². The monoisotopic (exact) mass is 96.0 g/mol. The highest BCUT2D eigenvalue weighted by Crippen LogP contribution is 1.85. The highest BCUT2D eigenvalue weighted by molar-refractivity contribution is 5.82. The van der Waals surface area contributed by atoms with Crippen LogP contribution in [0.4, 0.5) is 0 Å². The quantitative estimate of drug-likeness (QED) is 0.319. The topological polar surface area (TPSA) is 26.3 Å². The fourth-order valence-corrected chi connectivity index (χ4v) is 0.341. The first-order chi connectivity index (χ1) is 3.39. The van der Waals surface area contributed by atoms with Crippen LogP contribution in [0.1, 0.15) is 0 Å². The average molecular weight is 96.1 g/mol. The lowest BCUT2D eigenvalue weighted by Crippen LogP contribution is -2.01. The van der Waals surface area contributed by atoms with Gasteiger partial charge >= 0.3 is 5.97 Å². The van der Waals surface area contributed by atoms with Gasteiger partial charge in [-0.3, -0.25) is 0 Å². The van der Waals surface area contributed by atoms with Crippen LogP contribution in [0.15, 0.2) is 17.9 Å². The molecular formula is C5H4O2. The van der Waals surface area contributed by atoms with Gasteiger partial charge in [0.15, 0.2) is 0 Å². The zero-order chi connectivity index (χ0) is 5.11. The van der Waals surface area contributed by atoms with Crippen LogP contribution in [-0.4, -0.2) is 12.6 Å². The summed E-state index contributed by atoms with van der Waals surface area (Å²) >= 11 is 0. The summed E-state index contributed by atoms with van der Waals surface area (Å²) in [5.41, 5.74) is 2.61. The highest BCUT2D eigenvalue weighted by atomic mass is 16.5. The number of hydrogen-bond donors (Lipinski definition) is 0. The van der Waals surface area contributed by atoms with E-state index in [0.29, 0.717) is 6.61 Å². The van der Waals surface area contributed by atoms with E-state index in [1.54, 1.807) is 6.08 Å². The second-order valence-corrected chi connectivity index (χ2v) is 1.15. The zero-order valence-electron chi connectivity index (χ0n) is 3.68. The fourth-order valence-electron chi connectivity index (χ4n) is 0.341. The minimum atomic E-state index is -0.303. The van der Waals surface area contributed by atoms with Crippen molar-refractivity contribution in [2.24, 2.45) is 0 Å². The molecule has 0 amide bonds. The lowest BCUT2D eigenvalue weighted by atomic mass is 10.5. The van der Waals surface area contributed by atoms with Gasteiger partial charge in [0.1, 0.15) is 6.61 Å². The minimum absolute atomic E-state index is 0.303. The molecule has 1 rings (SSSR count). The van der Waals surface area contributed by atoms with Gasteiger partial charge in [-0.05, 0) is 6.08 Å². The zero-order valence-corrected chi connectivity index (χ0v) is 3.68. The Balaban J connectivity index is 2.75. The van der Waals surface area contributed by atoms with Crippen LogP contribution < -0.4 is 0 Å². The maximum absolute atomic E-state index is 10.1. The summed E-state index contributed by atoms with van der Waals surface area (Å²) in [6.45, 7) is 0.370. The molecule has 0 fully saturated rings. The third-order valence-electron chi connectivity index (χ3n) is 0.628. The van der Waals surface area contributed by atoms with Gasteiger partial charge in [0, 0.05) is 0 Å². The molecule has 0 unspecified atom stereocenters. The number of rotatable bonds is 0. The summed E-state index contributed by atoms with van der Waals surface area (Å²) in [6.07, 6.45) is 2.92. The van der Waals surface area contributed by atoms with Crippen molar-refractivity contribution in [2.45, 2.75) is 0 Å². The van der Waals surface area contributed by atoms with E-state index in [4.69, 9.17) is 0 Å². The molecule has 2 heteroatoms. The van der Waals surface area contributed by atoms with E-state index in [1.807, 2.05) is 0 Å². The molecular weight excluding hydrogens is 92.1 g/mol. The summed E-state index contributed by atoms with van der Waals surface area (Å²) in [6, 6.07) is 0. The van der Waals surface area contributed by atoms with Gasteiger partial charge in [0.25, 0.3) is 0 Å². The number of cyclic esters (lactones) is 1. The Morgan fingerprint density at radius 2 is 2.71 bits per heavy atom. The predicted molar refractivity (Wildman–Crippen MR) is 23.6 cm³/mol. The molecule has 0 saturated carbocycles. The second kappa shape index (κ2) is 1.63. The summed E-state index contributed by atoms with van der Waals surface area (Å²) in [4.78, 5) is 10.1. The van der Waals surface area contributed by atoms with Crippen LogP contribution in [0.25, 0.3) is 0 Å². The molecule has 0 aromatic carbocycles. The van der Waals surface area contributed by atoms with Crippen molar-refractivity contribution in [3.63, 3.8) is 0 Å². The highest BCUT2D eigenvalue weighted by Gasteiger charge is 1.94. The Labute approximate surface area is 41.1 Å². The molecule has 0 N–H and O–H groups in total. The van der Waals surface area contributed by atoms with Gasteiger partial charge < -0.3 is 4.74 Å². The molecule has 36 valence electrons. The summed E-state index contributed by atoms with van der Waals surface area (Å²) in [5.74, 6) is -0.303. The average Bonchev–Trinajstić information content (AvgIpc) is 1.69. The number of carbonyl (C=O) groups excluding carboxylic acids is 1. The maximum atomic E-state index is 10.1. The van der Waals surface area contributed by atoms with Crippen LogP contribution in [0, 0.1) is 0 Å². The Morgan fingerprint density at radius 3 is 3.00 bits per heavy atom. The van der Waals surface area contributed by atoms with Crippen LogP contribution in [-0.2, 0) is 9.53 Å². The van der Waals surface area contributed by atoms with Crippen LogP contribution in [0.2, 0.25) is 0 Å². The van der Waals surface area contributed by atoms with Crippen molar-refractivity contribution in [1.29, 1.82) is 0 Å². The molecule has 1 aliphatic heterocycles. The van der Waals surface area contributed by atoms with Gasteiger partial charge in [0.2, 0.25) is 0 Å². The third-order valence-corrected chi connectivity index (χ3v) is 0.628. The van der Waals surface area contributed by atoms with Crippen molar-refractivity contribution >= 4 is 5.97 Å². The van der Waals surface area contributed by atoms with E-state index in [1.165, 1.54) is 6.08 Å². The smallest absolute Gasteiger partial charge is 0.338 e. The van der Waals surface area contributed by atoms with E-state index >= 15 is 0 Å². The second-order valence-electron chi connectivity index (χ2n) is 1.15. The van der Waals surface area contributed by atoms with Crippen LogP contribution in [0.3, 0.4) is 0 Å². The van der Waals surface area contributed by atoms with Crippen molar-refractivity contribution in [3.8, 4) is 0 Å². The number of hydrogen-bond acceptors (Lipinski definition) is 2. The summed E-state index contributed by atoms with van der Waals surface area (Å²) in [5, 5.41) is 0. The van der Waals surface area contributed by atoms with E-state index in [2.05, 4.69) is 10.5 Å². The molecule has 0 saturated heterocycles. The predicted octanol–water partition coefficient (Wildman–Crippen LogP) is 0.254. The van der Waals surface area contributed by atoms with Crippen molar-refractivity contribution in [2.75, 3.05) is 6.61 Å². The molecule has 0 atom stereocenters. The van der Waals surface area contributed by atoms with Crippen molar-refractivity contribution in [3.05, 3.63) is 17.9 Å². The molecule has 0 aromatic heterocycles. The van der Waals surface area contributed by atoms with Gasteiger partial charge in [0.05, 0.1) is 6.08 Å². The van der Waals surface area contributed by atoms with Crippen LogP contribution in [0.5, 0.6) is 0 Å². The lowest BCUT2D eigenvalue weighted by Gasteiger charge is -1.95. The lowest BCUT2D eigenvalue weighted by molar-refractivity contribution is -0.136. The van der Waals surface area contributed by atoms with Gasteiger partial charge in [-0.15, -0.1) is 5.73 Å². The summed E-state index contributed by atoms with van der Waals surface area (Å²) in [7, 11) is 0. The number of esters is 1. The molecule has 0 radical (unpaired) electrons. The van der Waals surface area contributed by atoms with Crippen molar-refractivity contribution in [1.82, 2.24) is 0 Å². The third kappa shape index (κ3) is 0.913. The molecule has 0 aliphatic carbocycles. The molecule has 0 aromatic rings. The molecule has 0 bridgehead atoms. The van der Waals surface area contributed by atoms with E-state index in [-0.39, 0.29) is 5.97 Å². The molecule has 0 spiro atoms. The van der Waals surface area contributed by atoms with Crippen LogP contribution >= 0.6 is 0 Å². The van der Waals surface area contributed by atoms with Gasteiger partial charge in [-0.2, -0.15) is 0 Å². The Bertz CT molecular complexity index is 140. The minimum Gasteiger partial charge on any atom is -0.457 e. The summed E-state index contributed by atoms with van der Waals surface area (Å²) < 4.78 is 4.47. The van der Waals surface area contributed by atoms with Gasteiger partial charge in [-0.25, -0.2) is 4.79 Å². The Kier molecular flexibility index (Phi) is 0.966. The largest absolute Gasteiger partial charge is 0.457 e. The molecule has 7 heavy (non-hydrogen) atoms. The first kappa shape index (κ1) is 4.16. The standard InChI is InChI=1S/C5H4O2/c6-5-3-1-2-4-7-5/h2-3H,4H2. The van der Waals surface area contributed by atoms with Gasteiger partial charge in [-0.1, -0.05) is 0 Å². The van der Waals surface area contributed by atoms with Crippen molar-refractivity contribution < 1.29 is 9.53 Å². The molecule has 1 heterocycles. The Hall–Kier alpha value is -1.01. The molecule has 2 nitrogen and oxygen atoms in total. The molecule has 1 aliphatic rings. The SMILES string of the molecule is O=C1C=C=CCO1. The first-order valence-electron chi connectivity index (χ1n) is 1.97. The first-order valence-corrected chi connectivity index (χ1v) is 1.97. The fraction of sp³-hybridized carbons (Fsp3) is 0.200.